The number of rotatable bonds is 9. The lowest BCUT2D eigenvalue weighted by Gasteiger charge is -2.17. The molecule has 0 radical (unpaired) electrons. The van der Waals surface area contributed by atoms with E-state index in [1.54, 1.807) is 6.26 Å². The highest BCUT2D eigenvalue weighted by Gasteiger charge is 2.18. The minimum Gasteiger partial charge on any atom is -0.461 e. The molecule has 3 heterocycles. The van der Waals surface area contributed by atoms with Gasteiger partial charge < -0.3 is 19.0 Å². The summed E-state index contributed by atoms with van der Waals surface area (Å²) in [6, 6.07) is 5.85. The number of fused-ring (bicyclic) bond motifs is 1. The van der Waals surface area contributed by atoms with E-state index < -0.39 is 0 Å². The Balaban J connectivity index is 2.05. The minimum atomic E-state index is 0.170. The van der Waals surface area contributed by atoms with E-state index in [4.69, 9.17) is 14.5 Å². The fraction of sp³-hybridized carbons (Fsp3) is 0.474. The number of furan rings is 1. The zero-order valence-electron chi connectivity index (χ0n) is 15.0. The molecule has 3 aromatic heterocycles. The van der Waals surface area contributed by atoms with Crippen LogP contribution in [0.4, 0.5) is 5.82 Å². The second-order valence-electron chi connectivity index (χ2n) is 6.27. The fourth-order valence-electron chi connectivity index (χ4n) is 3.07. The van der Waals surface area contributed by atoms with Crippen molar-refractivity contribution in [1.29, 1.82) is 0 Å². The van der Waals surface area contributed by atoms with Gasteiger partial charge in [0.1, 0.15) is 5.52 Å². The molecule has 0 fully saturated rings. The molecule has 134 valence electrons. The van der Waals surface area contributed by atoms with E-state index in [-0.39, 0.29) is 6.61 Å². The minimum absolute atomic E-state index is 0.170. The summed E-state index contributed by atoms with van der Waals surface area (Å²) in [6.07, 6.45) is 7.68. The van der Waals surface area contributed by atoms with E-state index in [2.05, 4.69) is 16.5 Å². The zero-order chi connectivity index (χ0) is 17.6. The third-order valence-corrected chi connectivity index (χ3v) is 4.39. The normalized spacial score (nSPS) is 11.3. The summed E-state index contributed by atoms with van der Waals surface area (Å²) in [5.74, 6) is 2.46. The third-order valence-electron chi connectivity index (χ3n) is 4.39. The number of unbranched alkanes of at least 4 members (excludes halogenated alkanes) is 2. The molecule has 0 atom stereocenters. The molecule has 0 aliphatic heterocycles. The maximum atomic E-state index is 9.09. The Morgan fingerprint density at radius 2 is 2.12 bits per heavy atom. The van der Waals surface area contributed by atoms with Crippen molar-refractivity contribution in [3.8, 4) is 11.6 Å². The number of aliphatic hydroxyl groups excluding tert-OH is 1. The summed E-state index contributed by atoms with van der Waals surface area (Å²) >= 11 is 0. The molecule has 6 nitrogen and oxygen atoms in total. The second-order valence-corrected chi connectivity index (χ2v) is 6.27. The van der Waals surface area contributed by atoms with Gasteiger partial charge >= 0.3 is 0 Å². The highest BCUT2D eigenvalue weighted by Crippen LogP contribution is 2.30. The van der Waals surface area contributed by atoms with Crippen LogP contribution in [-0.4, -0.2) is 39.8 Å². The summed E-state index contributed by atoms with van der Waals surface area (Å²) in [5, 5.41) is 9.09. The molecular formula is C19H26N4O2. The fourth-order valence-corrected chi connectivity index (χ4v) is 3.07. The Labute approximate surface area is 148 Å². The Morgan fingerprint density at radius 3 is 2.84 bits per heavy atom. The van der Waals surface area contributed by atoms with E-state index in [0.717, 1.165) is 47.9 Å². The average molecular weight is 342 g/mol. The maximum Gasteiger partial charge on any atom is 0.177 e. The lowest BCUT2D eigenvalue weighted by atomic mass is 10.2. The number of aliphatic hydroxyl groups is 1. The van der Waals surface area contributed by atoms with Crippen molar-refractivity contribution in [1.82, 2.24) is 14.5 Å². The largest absolute Gasteiger partial charge is 0.461 e. The molecule has 0 spiro atoms. The molecule has 0 saturated carbocycles. The molecule has 0 unspecified atom stereocenters. The van der Waals surface area contributed by atoms with Crippen LogP contribution < -0.4 is 4.90 Å². The number of pyridine rings is 1. The van der Waals surface area contributed by atoms with Crippen LogP contribution in [0.5, 0.6) is 0 Å². The highest BCUT2D eigenvalue weighted by atomic mass is 16.3. The maximum absolute atomic E-state index is 9.09. The smallest absolute Gasteiger partial charge is 0.177 e. The molecule has 0 amide bonds. The van der Waals surface area contributed by atoms with Gasteiger partial charge in [-0.15, -0.1) is 0 Å². The van der Waals surface area contributed by atoms with E-state index in [0.29, 0.717) is 6.42 Å². The molecule has 25 heavy (non-hydrogen) atoms. The van der Waals surface area contributed by atoms with Gasteiger partial charge in [0.15, 0.2) is 17.4 Å². The van der Waals surface area contributed by atoms with Crippen LogP contribution in [0.1, 0.15) is 32.6 Å². The van der Waals surface area contributed by atoms with E-state index in [1.807, 2.05) is 36.3 Å². The van der Waals surface area contributed by atoms with Crippen LogP contribution in [0.15, 0.2) is 35.1 Å². The van der Waals surface area contributed by atoms with E-state index in [9.17, 15) is 0 Å². The van der Waals surface area contributed by atoms with Gasteiger partial charge in [-0.2, -0.15) is 0 Å². The second kappa shape index (κ2) is 8.16. The molecule has 0 aliphatic carbocycles. The SMILES string of the molecule is CCCCCn1c(-c2ccco2)nc2c(N(C)CCCO)nccc21. The van der Waals surface area contributed by atoms with Crippen LogP contribution in [0.25, 0.3) is 22.6 Å². The van der Waals surface area contributed by atoms with Gasteiger partial charge in [0.25, 0.3) is 0 Å². The van der Waals surface area contributed by atoms with Crippen LogP contribution in [0.2, 0.25) is 0 Å². The quantitative estimate of drug-likeness (QED) is 0.601. The molecule has 3 aromatic rings. The number of aromatic nitrogens is 3. The summed E-state index contributed by atoms with van der Waals surface area (Å²) in [6.45, 7) is 4.02. The average Bonchev–Trinajstić information content (AvgIpc) is 3.27. The van der Waals surface area contributed by atoms with Crippen LogP contribution in [-0.2, 0) is 6.54 Å². The number of imidazole rings is 1. The first-order valence-corrected chi connectivity index (χ1v) is 8.97. The standard InChI is InChI=1S/C19H26N4O2/c1-3-4-5-12-23-15-9-10-20-19(22(2)11-7-13-24)17(15)21-18(23)16-8-6-14-25-16/h6,8-10,14,24H,3-5,7,11-13H2,1-2H3. The Kier molecular flexibility index (Phi) is 5.71. The van der Waals surface area contributed by atoms with Crippen molar-refractivity contribution in [2.45, 2.75) is 39.2 Å². The summed E-state index contributed by atoms with van der Waals surface area (Å²) in [4.78, 5) is 11.4. The predicted molar refractivity (Wildman–Crippen MR) is 99.7 cm³/mol. The molecule has 0 aromatic carbocycles. The molecular weight excluding hydrogens is 316 g/mol. The number of anilines is 1. The molecule has 0 saturated heterocycles. The molecule has 0 aliphatic rings. The Morgan fingerprint density at radius 1 is 1.24 bits per heavy atom. The van der Waals surface area contributed by atoms with E-state index in [1.165, 1.54) is 12.8 Å². The van der Waals surface area contributed by atoms with Crippen molar-refractivity contribution in [2.75, 3.05) is 25.1 Å². The lowest BCUT2D eigenvalue weighted by molar-refractivity contribution is 0.290. The van der Waals surface area contributed by atoms with E-state index >= 15 is 0 Å². The predicted octanol–water partition coefficient (Wildman–Crippen LogP) is 3.70. The topological polar surface area (TPSA) is 67.3 Å². The van der Waals surface area contributed by atoms with Crippen molar-refractivity contribution in [3.63, 3.8) is 0 Å². The van der Waals surface area contributed by atoms with Crippen LogP contribution >= 0.6 is 0 Å². The monoisotopic (exact) mass is 342 g/mol. The van der Waals surface area contributed by atoms with Gasteiger partial charge in [0, 0.05) is 32.9 Å². The van der Waals surface area contributed by atoms with Crippen molar-refractivity contribution in [2.24, 2.45) is 0 Å². The van der Waals surface area contributed by atoms with Crippen molar-refractivity contribution < 1.29 is 9.52 Å². The number of aryl methyl sites for hydroxylation is 1. The van der Waals surface area contributed by atoms with Crippen LogP contribution in [0, 0.1) is 0 Å². The van der Waals surface area contributed by atoms with Crippen molar-refractivity contribution >= 4 is 16.9 Å². The van der Waals surface area contributed by atoms with Gasteiger partial charge in [-0.1, -0.05) is 19.8 Å². The zero-order valence-corrected chi connectivity index (χ0v) is 15.0. The molecule has 3 rings (SSSR count). The first kappa shape index (κ1) is 17.5. The highest BCUT2D eigenvalue weighted by molar-refractivity contribution is 5.89. The number of hydrogen-bond donors (Lipinski definition) is 1. The number of hydrogen-bond acceptors (Lipinski definition) is 5. The Bertz CT molecular complexity index is 795. The summed E-state index contributed by atoms with van der Waals surface area (Å²) < 4.78 is 7.84. The first-order valence-electron chi connectivity index (χ1n) is 8.97. The molecule has 1 N–H and O–H groups in total. The van der Waals surface area contributed by atoms with Crippen LogP contribution in [0.3, 0.4) is 0 Å². The van der Waals surface area contributed by atoms with Gasteiger partial charge in [0.2, 0.25) is 0 Å². The summed E-state index contributed by atoms with van der Waals surface area (Å²) in [5.41, 5.74) is 1.95. The molecule has 6 heteroatoms. The first-order chi connectivity index (χ1) is 12.3. The van der Waals surface area contributed by atoms with Gasteiger partial charge in [-0.3, -0.25) is 0 Å². The van der Waals surface area contributed by atoms with Crippen molar-refractivity contribution in [3.05, 3.63) is 30.7 Å². The lowest BCUT2D eigenvalue weighted by Crippen LogP contribution is -2.20. The van der Waals surface area contributed by atoms with Gasteiger partial charge in [-0.25, -0.2) is 9.97 Å². The van der Waals surface area contributed by atoms with Gasteiger partial charge in [-0.05, 0) is 31.0 Å². The number of nitrogens with zero attached hydrogens (tertiary/aromatic N) is 4. The summed E-state index contributed by atoms with van der Waals surface area (Å²) in [7, 11) is 1.99. The molecule has 0 bridgehead atoms. The third kappa shape index (κ3) is 3.69. The Hall–Kier alpha value is -2.34. The van der Waals surface area contributed by atoms with Gasteiger partial charge in [0.05, 0.1) is 11.8 Å².